The fraction of sp³-hybridized carbons (Fsp3) is 0.0556. The molecule has 0 radical (unpaired) electrons. The Bertz CT molecular complexity index is 1110. The van der Waals surface area contributed by atoms with E-state index in [0.29, 0.717) is 16.2 Å². The number of thiazole rings is 1. The van der Waals surface area contributed by atoms with Crippen LogP contribution in [0.25, 0.3) is 15.7 Å². The third-order valence-electron chi connectivity index (χ3n) is 3.72. The number of benzene rings is 2. The van der Waals surface area contributed by atoms with Gasteiger partial charge in [0.2, 0.25) is 0 Å². The maximum Gasteiger partial charge on any atom is 0.339 e. The Morgan fingerprint density at radius 3 is 2.92 bits per heavy atom. The normalized spacial score (nSPS) is 11.0. The van der Waals surface area contributed by atoms with Crippen molar-refractivity contribution in [1.82, 2.24) is 9.38 Å². The molecule has 0 saturated carbocycles. The van der Waals surface area contributed by atoms with Gasteiger partial charge in [-0.1, -0.05) is 36.4 Å². The molecule has 0 N–H and O–H groups in total. The second kappa shape index (κ2) is 5.90. The predicted octanol–water partition coefficient (Wildman–Crippen LogP) is 3.27. The van der Waals surface area contributed by atoms with E-state index in [0.717, 1.165) is 10.8 Å². The van der Waals surface area contributed by atoms with Crippen LogP contribution in [0.15, 0.2) is 64.9 Å². The predicted molar refractivity (Wildman–Crippen MR) is 92.4 cm³/mol. The summed E-state index contributed by atoms with van der Waals surface area (Å²) in [6.45, 7) is -0.0360. The molecule has 0 aliphatic heterocycles. The van der Waals surface area contributed by atoms with Crippen molar-refractivity contribution in [1.29, 1.82) is 0 Å². The summed E-state index contributed by atoms with van der Waals surface area (Å²) < 4.78 is 6.82. The minimum Gasteiger partial charge on any atom is -0.456 e. The molecule has 24 heavy (non-hydrogen) atoms. The third kappa shape index (κ3) is 2.57. The van der Waals surface area contributed by atoms with Gasteiger partial charge in [0.05, 0.1) is 11.3 Å². The van der Waals surface area contributed by atoms with Crippen LogP contribution in [0, 0.1) is 0 Å². The molecule has 0 spiro atoms. The van der Waals surface area contributed by atoms with Crippen LogP contribution < -0.4 is 5.56 Å². The zero-order valence-electron chi connectivity index (χ0n) is 12.5. The largest absolute Gasteiger partial charge is 0.456 e. The first-order valence-corrected chi connectivity index (χ1v) is 8.21. The van der Waals surface area contributed by atoms with Gasteiger partial charge in [-0.05, 0) is 16.8 Å². The molecule has 0 amide bonds. The summed E-state index contributed by atoms with van der Waals surface area (Å²) >= 11 is 1.36. The van der Waals surface area contributed by atoms with Crippen LogP contribution in [0.2, 0.25) is 0 Å². The fourth-order valence-electron chi connectivity index (χ4n) is 2.58. The lowest BCUT2D eigenvalue weighted by atomic mass is 10.1. The maximum atomic E-state index is 12.4. The molecule has 2 heterocycles. The summed E-state index contributed by atoms with van der Waals surface area (Å²) in [6, 6.07) is 14.5. The Hall–Kier alpha value is -2.99. The van der Waals surface area contributed by atoms with Crippen LogP contribution >= 0.6 is 11.3 Å². The number of nitrogens with zero attached hydrogens (tertiary/aromatic N) is 2. The summed E-state index contributed by atoms with van der Waals surface area (Å²) in [6.07, 6.45) is 1.67. The average Bonchev–Trinajstić information content (AvgIpc) is 3.08. The van der Waals surface area contributed by atoms with Crippen molar-refractivity contribution in [3.63, 3.8) is 0 Å². The number of carbonyl (C=O) groups excluding carboxylic acids is 1. The van der Waals surface area contributed by atoms with Gasteiger partial charge in [0.15, 0.2) is 4.96 Å². The first-order valence-electron chi connectivity index (χ1n) is 7.33. The molecule has 0 saturated heterocycles. The number of esters is 1. The van der Waals surface area contributed by atoms with Gasteiger partial charge in [-0.25, -0.2) is 9.78 Å². The number of carbonyl (C=O) groups is 1. The van der Waals surface area contributed by atoms with E-state index in [1.54, 1.807) is 17.6 Å². The van der Waals surface area contributed by atoms with Crippen molar-refractivity contribution in [3.8, 4) is 0 Å². The van der Waals surface area contributed by atoms with Crippen LogP contribution in [-0.4, -0.2) is 15.4 Å². The topological polar surface area (TPSA) is 60.7 Å². The van der Waals surface area contributed by atoms with Crippen LogP contribution in [0.1, 0.15) is 16.1 Å². The fourth-order valence-corrected chi connectivity index (χ4v) is 3.32. The molecule has 2 aromatic heterocycles. The lowest BCUT2D eigenvalue weighted by molar-refractivity contribution is 0.0470. The van der Waals surface area contributed by atoms with Crippen LogP contribution in [0.4, 0.5) is 0 Å². The third-order valence-corrected chi connectivity index (χ3v) is 4.47. The van der Waals surface area contributed by atoms with E-state index in [9.17, 15) is 9.59 Å². The Morgan fingerprint density at radius 2 is 2.00 bits per heavy atom. The van der Waals surface area contributed by atoms with Crippen LogP contribution in [0.5, 0.6) is 0 Å². The van der Waals surface area contributed by atoms with Gasteiger partial charge in [0, 0.05) is 17.6 Å². The van der Waals surface area contributed by atoms with Crippen molar-refractivity contribution in [3.05, 3.63) is 81.7 Å². The number of rotatable bonds is 3. The minimum atomic E-state index is -0.431. The summed E-state index contributed by atoms with van der Waals surface area (Å²) in [5.74, 6) is -0.431. The summed E-state index contributed by atoms with van der Waals surface area (Å²) in [4.78, 5) is 29.2. The SMILES string of the molecule is O=C(OCc1cc(=O)n2ccsc2n1)c1cccc2ccccc12. The molecule has 0 atom stereocenters. The quantitative estimate of drug-likeness (QED) is 0.539. The Kier molecular flexibility index (Phi) is 3.59. The number of fused-ring (bicyclic) bond motifs is 2. The van der Waals surface area contributed by atoms with E-state index in [4.69, 9.17) is 4.74 Å². The zero-order chi connectivity index (χ0) is 16.5. The van der Waals surface area contributed by atoms with Crippen molar-refractivity contribution < 1.29 is 9.53 Å². The van der Waals surface area contributed by atoms with E-state index in [1.807, 2.05) is 36.4 Å². The van der Waals surface area contributed by atoms with Gasteiger partial charge in [-0.3, -0.25) is 9.20 Å². The summed E-state index contributed by atoms with van der Waals surface area (Å²) in [7, 11) is 0. The first kappa shape index (κ1) is 14.6. The lowest BCUT2D eigenvalue weighted by Gasteiger charge is -2.07. The number of hydrogen-bond donors (Lipinski definition) is 0. The van der Waals surface area contributed by atoms with Gasteiger partial charge in [0.1, 0.15) is 6.61 Å². The standard InChI is InChI=1S/C18H12N2O3S/c21-16-10-13(19-18-20(16)8-9-24-18)11-23-17(22)15-7-3-5-12-4-1-2-6-14(12)15/h1-10H,11H2. The minimum absolute atomic E-state index is 0.0360. The highest BCUT2D eigenvalue weighted by Gasteiger charge is 2.12. The van der Waals surface area contributed by atoms with Crippen LogP contribution in [0.3, 0.4) is 0 Å². The Labute approximate surface area is 140 Å². The molecular formula is C18H12N2O3S. The molecule has 4 aromatic rings. The number of aromatic nitrogens is 2. The monoisotopic (exact) mass is 336 g/mol. The maximum absolute atomic E-state index is 12.4. The molecule has 6 heteroatoms. The molecular weight excluding hydrogens is 324 g/mol. The first-order chi connectivity index (χ1) is 11.7. The number of ether oxygens (including phenoxy) is 1. The van der Waals surface area contributed by atoms with Crippen molar-refractivity contribution in [2.45, 2.75) is 6.61 Å². The summed E-state index contributed by atoms with van der Waals surface area (Å²) in [5, 5.41) is 3.60. The molecule has 0 bridgehead atoms. The van der Waals surface area contributed by atoms with Gasteiger partial charge >= 0.3 is 5.97 Å². The molecule has 4 rings (SSSR count). The average molecular weight is 336 g/mol. The molecule has 0 aliphatic rings. The Morgan fingerprint density at radius 1 is 1.17 bits per heavy atom. The van der Waals surface area contributed by atoms with Crippen LogP contribution in [-0.2, 0) is 11.3 Å². The second-order valence-electron chi connectivity index (χ2n) is 5.24. The zero-order valence-corrected chi connectivity index (χ0v) is 13.3. The highest BCUT2D eigenvalue weighted by Crippen LogP contribution is 2.19. The highest BCUT2D eigenvalue weighted by molar-refractivity contribution is 7.15. The van der Waals surface area contributed by atoms with Gasteiger partial charge in [0.25, 0.3) is 5.56 Å². The van der Waals surface area contributed by atoms with Crippen molar-refractivity contribution >= 4 is 33.0 Å². The van der Waals surface area contributed by atoms with Gasteiger partial charge in [-0.2, -0.15) is 0 Å². The van der Waals surface area contributed by atoms with E-state index >= 15 is 0 Å². The summed E-state index contributed by atoms with van der Waals surface area (Å²) in [5.41, 5.74) is 0.760. The van der Waals surface area contributed by atoms with E-state index in [2.05, 4.69) is 4.98 Å². The smallest absolute Gasteiger partial charge is 0.339 e. The molecule has 0 aliphatic carbocycles. The molecule has 118 valence electrons. The van der Waals surface area contributed by atoms with Gasteiger partial charge in [-0.15, -0.1) is 11.3 Å². The van der Waals surface area contributed by atoms with E-state index < -0.39 is 5.97 Å². The number of hydrogen-bond acceptors (Lipinski definition) is 5. The molecule has 0 fully saturated rings. The van der Waals surface area contributed by atoms with Crippen molar-refractivity contribution in [2.75, 3.05) is 0 Å². The van der Waals surface area contributed by atoms with E-state index in [1.165, 1.54) is 21.8 Å². The highest BCUT2D eigenvalue weighted by atomic mass is 32.1. The molecule has 0 unspecified atom stereocenters. The lowest BCUT2D eigenvalue weighted by Crippen LogP contribution is -2.14. The molecule has 5 nitrogen and oxygen atoms in total. The Balaban J connectivity index is 1.60. The second-order valence-corrected chi connectivity index (χ2v) is 6.12. The van der Waals surface area contributed by atoms with Crippen molar-refractivity contribution in [2.24, 2.45) is 0 Å². The van der Waals surface area contributed by atoms with E-state index in [-0.39, 0.29) is 12.2 Å². The van der Waals surface area contributed by atoms with Gasteiger partial charge < -0.3 is 4.74 Å². The molecule has 2 aromatic carbocycles.